The van der Waals surface area contributed by atoms with Crippen LogP contribution in [0.4, 0.5) is 0 Å². The van der Waals surface area contributed by atoms with Crippen LogP contribution in [-0.4, -0.2) is 25.2 Å². The van der Waals surface area contributed by atoms with Crippen LogP contribution in [0.15, 0.2) is 16.9 Å². The minimum absolute atomic E-state index is 0.663. The fourth-order valence-electron chi connectivity index (χ4n) is 0.710. The van der Waals surface area contributed by atoms with E-state index in [1.165, 1.54) is 0 Å². The van der Waals surface area contributed by atoms with E-state index < -0.39 is 0 Å². The fraction of sp³-hybridized carbons (Fsp3) is 0.571. The Hall–Kier alpha value is -0.870. The molecule has 0 amide bonds. The Morgan fingerprint density at radius 1 is 1.73 bits per heavy atom. The van der Waals surface area contributed by atoms with Gasteiger partial charge >= 0.3 is 0 Å². The van der Waals surface area contributed by atoms with Crippen LogP contribution in [0.25, 0.3) is 0 Å². The summed E-state index contributed by atoms with van der Waals surface area (Å²) >= 11 is 0. The van der Waals surface area contributed by atoms with Crippen LogP contribution < -0.4 is 5.32 Å². The molecule has 0 bridgehead atoms. The molecule has 0 aliphatic carbocycles. The van der Waals surface area contributed by atoms with Crippen LogP contribution in [0.3, 0.4) is 0 Å². The van der Waals surface area contributed by atoms with Crippen molar-refractivity contribution in [1.29, 1.82) is 0 Å². The summed E-state index contributed by atoms with van der Waals surface area (Å²) in [5.74, 6) is 0.709. The summed E-state index contributed by atoms with van der Waals surface area (Å²) in [6, 6.07) is 0. The van der Waals surface area contributed by atoms with Gasteiger partial charge in [-0.15, -0.1) is 0 Å². The molecule has 1 heterocycles. The van der Waals surface area contributed by atoms with Crippen molar-refractivity contribution in [2.45, 2.75) is 6.54 Å². The number of hydrogen-bond acceptors (Lipinski definition) is 4. The molecule has 0 saturated carbocycles. The standard InChI is InChI=1S/C7H12N2O2/c1-10-4-2-8-6-7-9-3-5-11-7/h3,5,8H,2,4,6H2,1H3. The van der Waals surface area contributed by atoms with Crippen molar-refractivity contribution in [2.75, 3.05) is 20.3 Å². The second kappa shape index (κ2) is 4.87. The first-order valence-corrected chi connectivity index (χ1v) is 3.51. The molecule has 0 aliphatic rings. The number of nitrogens with one attached hydrogen (secondary N) is 1. The van der Waals surface area contributed by atoms with Gasteiger partial charge in [-0.2, -0.15) is 0 Å². The molecule has 11 heavy (non-hydrogen) atoms. The predicted octanol–water partition coefficient (Wildman–Crippen LogP) is 0.411. The van der Waals surface area contributed by atoms with E-state index in [4.69, 9.17) is 9.15 Å². The topological polar surface area (TPSA) is 47.3 Å². The average molecular weight is 156 g/mol. The van der Waals surface area contributed by atoms with Gasteiger partial charge in [0.1, 0.15) is 6.26 Å². The molecule has 1 N–H and O–H groups in total. The van der Waals surface area contributed by atoms with Gasteiger partial charge in [0.25, 0.3) is 0 Å². The summed E-state index contributed by atoms with van der Waals surface area (Å²) in [7, 11) is 1.67. The van der Waals surface area contributed by atoms with Crippen molar-refractivity contribution in [3.8, 4) is 0 Å². The Labute approximate surface area is 65.6 Å². The van der Waals surface area contributed by atoms with Crippen molar-refractivity contribution in [2.24, 2.45) is 0 Å². The Kier molecular flexibility index (Phi) is 3.64. The lowest BCUT2D eigenvalue weighted by atomic mass is 10.6. The second-order valence-electron chi connectivity index (χ2n) is 2.10. The largest absolute Gasteiger partial charge is 0.448 e. The smallest absolute Gasteiger partial charge is 0.207 e. The van der Waals surface area contributed by atoms with Crippen LogP contribution >= 0.6 is 0 Å². The van der Waals surface area contributed by atoms with E-state index in [-0.39, 0.29) is 0 Å². The van der Waals surface area contributed by atoms with E-state index in [2.05, 4.69) is 10.3 Å². The summed E-state index contributed by atoms with van der Waals surface area (Å²) in [4.78, 5) is 3.94. The molecule has 0 radical (unpaired) electrons. The Morgan fingerprint density at radius 2 is 2.64 bits per heavy atom. The molecule has 0 fully saturated rings. The maximum absolute atomic E-state index is 5.00. The number of hydrogen-bond donors (Lipinski definition) is 1. The van der Waals surface area contributed by atoms with Gasteiger partial charge in [-0.05, 0) is 0 Å². The van der Waals surface area contributed by atoms with Gasteiger partial charge in [-0.3, -0.25) is 0 Å². The lowest BCUT2D eigenvalue weighted by Crippen LogP contribution is -2.18. The van der Waals surface area contributed by atoms with Crippen LogP contribution in [-0.2, 0) is 11.3 Å². The van der Waals surface area contributed by atoms with Crippen LogP contribution in [0, 0.1) is 0 Å². The zero-order valence-electron chi connectivity index (χ0n) is 6.54. The van der Waals surface area contributed by atoms with Crippen molar-refractivity contribution < 1.29 is 9.15 Å². The van der Waals surface area contributed by atoms with Gasteiger partial charge in [0, 0.05) is 13.7 Å². The van der Waals surface area contributed by atoms with Crippen molar-refractivity contribution in [1.82, 2.24) is 10.3 Å². The molecule has 4 nitrogen and oxygen atoms in total. The van der Waals surface area contributed by atoms with Crippen molar-refractivity contribution >= 4 is 0 Å². The monoisotopic (exact) mass is 156 g/mol. The molecule has 0 aromatic carbocycles. The zero-order chi connectivity index (χ0) is 7.94. The van der Waals surface area contributed by atoms with Gasteiger partial charge in [0.15, 0.2) is 0 Å². The average Bonchev–Trinajstić information content (AvgIpc) is 2.50. The number of oxazole rings is 1. The molecule has 62 valence electrons. The quantitative estimate of drug-likeness (QED) is 0.627. The minimum atomic E-state index is 0.663. The Balaban J connectivity index is 2.04. The minimum Gasteiger partial charge on any atom is -0.448 e. The summed E-state index contributed by atoms with van der Waals surface area (Å²) in [6.45, 7) is 2.19. The molecular formula is C7H12N2O2. The number of nitrogens with zero attached hydrogens (tertiary/aromatic N) is 1. The van der Waals surface area contributed by atoms with E-state index in [1.54, 1.807) is 19.6 Å². The first-order valence-electron chi connectivity index (χ1n) is 3.51. The highest BCUT2D eigenvalue weighted by Gasteiger charge is 1.93. The molecule has 1 aromatic rings. The number of methoxy groups -OCH3 is 1. The van der Waals surface area contributed by atoms with Crippen molar-refractivity contribution in [3.05, 3.63) is 18.4 Å². The second-order valence-corrected chi connectivity index (χ2v) is 2.10. The normalized spacial score (nSPS) is 10.3. The SMILES string of the molecule is COCCNCc1ncco1. The molecule has 0 spiro atoms. The zero-order valence-corrected chi connectivity index (χ0v) is 6.54. The maximum atomic E-state index is 5.00. The van der Waals surface area contributed by atoms with Gasteiger partial charge in [-0.1, -0.05) is 0 Å². The third kappa shape index (κ3) is 3.15. The summed E-state index contributed by atoms with van der Waals surface area (Å²) < 4.78 is 9.85. The number of ether oxygens (including phenoxy) is 1. The molecule has 0 unspecified atom stereocenters. The number of rotatable bonds is 5. The van der Waals surface area contributed by atoms with E-state index in [9.17, 15) is 0 Å². The first-order chi connectivity index (χ1) is 5.43. The van der Waals surface area contributed by atoms with Gasteiger partial charge in [-0.25, -0.2) is 4.98 Å². The fourth-order valence-corrected chi connectivity index (χ4v) is 0.710. The lowest BCUT2D eigenvalue weighted by Gasteiger charge is -1.99. The van der Waals surface area contributed by atoms with Crippen LogP contribution in [0.1, 0.15) is 5.89 Å². The molecule has 1 rings (SSSR count). The first kappa shape index (κ1) is 8.23. The highest BCUT2D eigenvalue weighted by atomic mass is 16.5. The third-order valence-corrected chi connectivity index (χ3v) is 1.24. The molecule has 0 saturated heterocycles. The van der Waals surface area contributed by atoms with Crippen LogP contribution in [0.5, 0.6) is 0 Å². The summed E-state index contributed by atoms with van der Waals surface area (Å²) in [5, 5.41) is 3.11. The molecular weight excluding hydrogens is 144 g/mol. The van der Waals surface area contributed by atoms with Gasteiger partial charge < -0.3 is 14.5 Å². The third-order valence-electron chi connectivity index (χ3n) is 1.24. The van der Waals surface area contributed by atoms with E-state index >= 15 is 0 Å². The molecule has 0 aliphatic heterocycles. The summed E-state index contributed by atoms with van der Waals surface area (Å²) in [6.07, 6.45) is 3.20. The lowest BCUT2D eigenvalue weighted by molar-refractivity contribution is 0.198. The van der Waals surface area contributed by atoms with E-state index in [0.29, 0.717) is 19.0 Å². The summed E-state index contributed by atoms with van der Waals surface area (Å²) in [5.41, 5.74) is 0. The molecule has 4 heteroatoms. The van der Waals surface area contributed by atoms with E-state index in [1.807, 2.05) is 0 Å². The van der Waals surface area contributed by atoms with Crippen molar-refractivity contribution in [3.63, 3.8) is 0 Å². The highest BCUT2D eigenvalue weighted by Crippen LogP contribution is 1.91. The van der Waals surface area contributed by atoms with Gasteiger partial charge in [0.2, 0.25) is 5.89 Å². The molecule has 1 aromatic heterocycles. The highest BCUT2D eigenvalue weighted by molar-refractivity contribution is 4.78. The van der Waals surface area contributed by atoms with E-state index in [0.717, 1.165) is 6.54 Å². The van der Waals surface area contributed by atoms with Crippen LogP contribution in [0.2, 0.25) is 0 Å². The Morgan fingerprint density at radius 3 is 3.27 bits per heavy atom. The maximum Gasteiger partial charge on any atom is 0.207 e. The van der Waals surface area contributed by atoms with Gasteiger partial charge in [0.05, 0.1) is 19.3 Å². The molecule has 0 atom stereocenters. The predicted molar refractivity (Wildman–Crippen MR) is 40.1 cm³/mol. The number of aromatic nitrogens is 1. The Bertz CT molecular complexity index is 175.